The van der Waals surface area contributed by atoms with Crippen molar-refractivity contribution in [3.63, 3.8) is 0 Å². The normalized spacial score (nSPS) is 10.6. The fourth-order valence-corrected chi connectivity index (χ4v) is 3.25. The Morgan fingerprint density at radius 2 is 1.77 bits per heavy atom. The van der Waals surface area contributed by atoms with Crippen LogP contribution in [0.1, 0.15) is 0 Å². The minimum absolute atomic E-state index is 0.168. The largest absolute Gasteiger partial charge is 0.493 e. The van der Waals surface area contributed by atoms with E-state index in [0.717, 1.165) is 6.20 Å². The summed E-state index contributed by atoms with van der Waals surface area (Å²) < 4.78 is 22.7. The van der Waals surface area contributed by atoms with Gasteiger partial charge in [0, 0.05) is 16.8 Å². The lowest BCUT2D eigenvalue weighted by atomic mass is 10.1. The number of amides is 1. The first-order valence-corrected chi connectivity index (χ1v) is 10.1. The number of nitrogens with one attached hydrogen (secondary N) is 1. The van der Waals surface area contributed by atoms with E-state index in [1.54, 1.807) is 36.4 Å². The van der Waals surface area contributed by atoms with Gasteiger partial charge in [-0.3, -0.25) is 19.6 Å². The molecule has 0 unspecified atom stereocenters. The zero-order chi connectivity index (χ0) is 24.9. The van der Waals surface area contributed by atoms with Crippen molar-refractivity contribution in [2.75, 3.05) is 26.6 Å². The van der Waals surface area contributed by atoms with Crippen LogP contribution in [-0.4, -0.2) is 52.1 Å². The van der Waals surface area contributed by atoms with Crippen molar-refractivity contribution >= 4 is 17.3 Å². The number of aromatic nitrogens is 4. The smallest absolute Gasteiger partial charge is 0.307 e. The quantitative estimate of drug-likeness (QED) is 0.279. The zero-order valence-corrected chi connectivity index (χ0v) is 18.9. The molecule has 13 heteroatoms. The van der Waals surface area contributed by atoms with E-state index < -0.39 is 4.92 Å². The van der Waals surface area contributed by atoms with E-state index in [4.69, 9.17) is 18.7 Å². The van der Waals surface area contributed by atoms with E-state index in [2.05, 4.69) is 20.6 Å². The lowest BCUT2D eigenvalue weighted by Gasteiger charge is -2.12. The van der Waals surface area contributed by atoms with Gasteiger partial charge in [-0.25, -0.2) is 0 Å². The average molecular weight is 480 g/mol. The summed E-state index contributed by atoms with van der Waals surface area (Å²) >= 11 is 0. The van der Waals surface area contributed by atoms with Crippen LogP contribution >= 0.6 is 0 Å². The van der Waals surface area contributed by atoms with Gasteiger partial charge in [-0.15, -0.1) is 0 Å². The highest BCUT2D eigenvalue weighted by Crippen LogP contribution is 2.41. The fourth-order valence-electron chi connectivity index (χ4n) is 3.25. The summed E-state index contributed by atoms with van der Waals surface area (Å²) in [6, 6.07) is 10.2. The highest BCUT2D eigenvalue weighted by Gasteiger charge is 2.18. The molecule has 35 heavy (non-hydrogen) atoms. The second-order valence-corrected chi connectivity index (χ2v) is 7.12. The molecule has 0 aliphatic rings. The van der Waals surface area contributed by atoms with Crippen molar-refractivity contribution in [3.8, 4) is 40.1 Å². The molecule has 2 aromatic heterocycles. The molecule has 13 nitrogen and oxygen atoms in total. The molecule has 0 aliphatic carbocycles. The number of anilines is 1. The second kappa shape index (κ2) is 9.91. The van der Waals surface area contributed by atoms with Crippen molar-refractivity contribution < 1.29 is 28.5 Å². The summed E-state index contributed by atoms with van der Waals surface area (Å²) in [6.45, 7) is -0.168. The van der Waals surface area contributed by atoms with E-state index in [9.17, 15) is 14.9 Å². The predicted octanol–water partition coefficient (Wildman–Crippen LogP) is 3.17. The minimum Gasteiger partial charge on any atom is -0.493 e. The van der Waals surface area contributed by atoms with Gasteiger partial charge < -0.3 is 24.1 Å². The van der Waals surface area contributed by atoms with Gasteiger partial charge in [0.1, 0.15) is 18.9 Å². The third kappa shape index (κ3) is 5.03. The summed E-state index contributed by atoms with van der Waals surface area (Å²) in [4.78, 5) is 26.8. The molecule has 1 amide bonds. The molecule has 180 valence electrons. The molecule has 4 aromatic rings. The predicted molar refractivity (Wildman–Crippen MR) is 122 cm³/mol. The Hall–Kier alpha value is -4.94. The second-order valence-electron chi connectivity index (χ2n) is 7.12. The van der Waals surface area contributed by atoms with Crippen LogP contribution in [0.5, 0.6) is 17.2 Å². The molecule has 1 N–H and O–H groups in total. The van der Waals surface area contributed by atoms with Gasteiger partial charge in [-0.2, -0.15) is 10.1 Å². The Kier molecular flexibility index (Phi) is 6.57. The van der Waals surface area contributed by atoms with Crippen LogP contribution in [0.4, 0.5) is 11.4 Å². The summed E-state index contributed by atoms with van der Waals surface area (Å²) in [7, 11) is 4.54. The maximum atomic E-state index is 12.2. The van der Waals surface area contributed by atoms with E-state index in [0.29, 0.717) is 39.9 Å². The van der Waals surface area contributed by atoms with E-state index >= 15 is 0 Å². The first-order valence-electron chi connectivity index (χ1n) is 10.1. The van der Waals surface area contributed by atoms with Crippen LogP contribution in [0, 0.1) is 10.1 Å². The molecule has 4 rings (SSSR count). The number of nitro groups is 1. The number of carbonyl (C=O) groups is 1. The Bertz CT molecular complexity index is 1340. The Morgan fingerprint density at radius 1 is 1.09 bits per heavy atom. The molecule has 0 saturated heterocycles. The first kappa shape index (κ1) is 23.2. The molecule has 2 heterocycles. The number of hydrogen-bond donors (Lipinski definition) is 1. The molecule has 0 atom stereocenters. The van der Waals surface area contributed by atoms with Gasteiger partial charge in [-0.1, -0.05) is 5.16 Å². The molecule has 2 aromatic carbocycles. The van der Waals surface area contributed by atoms with Crippen LogP contribution in [0.25, 0.3) is 22.8 Å². The number of hydrogen-bond acceptors (Lipinski definition) is 10. The summed E-state index contributed by atoms with van der Waals surface area (Å²) in [5.74, 6) is 1.56. The maximum Gasteiger partial charge on any atom is 0.307 e. The number of ether oxygens (including phenoxy) is 3. The number of benzene rings is 2. The van der Waals surface area contributed by atoms with Gasteiger partial charge in [-0.05, 0) is 36.4 Å². The molecule has 0 saturated carbocycles. The Balaban J connectivity index is 1.46. The molecule has 0 spiro atoms. The third-order valence-corrected chi connectivity index (χ3v) is 4.90. The third-order valence-electron chi connectivity index (χ3n) is 4.90. The lowest BCUT2D eigenvalue weighted by molar-refractivity contribution is -0.385. The van der Waals surface area contributed by atoms with Gasteiger partial charge in [0.2, 0.25) is 17.5 Å². The Morgan fingerprint density at radius 3 is 2.34 bits per heavy atom. The van der Waals surface area contributed by atoms with E-state index in [-0.39, 0.29) is 24.0 Å². The van der Waals surface area contributed by atoms with Crippen LogP contribution in [0.2, 0.25) is 0 Å². The van der Waals surface area contributed by atoms with Gasteiger partial charge in [0.25, 0.3) is 5.89 Å². The molecule has 0 bridgehead atoms. The number of carbonyl (C=O) groups excluding carboxylic acids is 1. The maximum absolute atomic E-state index is 12.2. The fraction of sp³-hybridized carbons (Fsp3) is 0.182. The standard InChI is InChI=1S/C22H20N6O7/c1-32-17-8-14(9-18(33-2)20(17)34-3)22-25-21(26-35-22)13-4-6-15(7-5-13)24-19(29)12-27-11-16(10-23-27)28(30)31/h4-11H,12H2,1-3H3,(H,24,29). The van der Waals surface area contributed by atoms with Crippen molar-refractivity contribution in [1.29, 1.82) is 0 Å². The molecular formula is C22H20N6O7. The SMILES string of the molecule is COc1cc(-c2nc(-c3ccc(NC(=O)Cn4cc([N+](=O)[O-])cn4)cc3)no2)cc(OC)c1OC. The molecule has 0 fully saturated rings. The minimum atomic E-state index is -0.578. The van der Waals surface area contributed by atoms with Crippen molar-refractivity contribution in [1.82, 2.24) is 19.9 Å². The topological polar surface area (TPSA) is 157 Å². The van der Waals surface area contributed by atoms with Gasteiger partial charge in [0.05, 0.1) is 26.3 Å². The van der Waals surface area contributed by atoms with Crippen LogP contribution in [-0.2, 0) is 11.3 Å². The molecular weight excluding hydrogens is 460 g/mol. The number of rotatable bonds is 9. The van der Waals surface area contributed by atoms with Crippen LogP contribution in [0.3, 0.4) is 0 Å². The van der Waals surface area contributed by atoms with Gasteiger partial charge in [0.15, 0.2) is 11.5 Å². The highest BCUT2D eigenvalue weighted by atomic mass is 16.6. The average Bonchev–Trinajstić information content (AvgIpc) is 3.54. The van der Waals surface area contributed by atoms with E-state index in [1.807, 2.05) is 0 Å². The first-order chi connectivity index (χ1) is 16.9. The monoisotopic (exact) mass is 480 g/mol. The number of methoxy groups -OCH3 is 3. The number of nitrogens with zero attached hydrogens (tertiary/aromatic N) is 5. The van der Waals surface area contributed by atoms with Crippen molar-refractivity contribution in [3.05, 3.63) is 58.9 Å². The van der Waals surface area contributed by atoms with Crippen LogP contribution in [0.15, 0.2) is 53.3 Å². The van der Waals surface area contributed by atoms with Crippen molar-refractivity contribution in [2.45, 2.75) is 6.54 Å². The summed E-state index contributed by atoms with van der Waals surface area (Å²) in [5, 5.41) is 21.2. The molecule has 0 radical (unpaired) electrons. The highest BCUT2D eigenvalue weighted by molar-refractivity contribution is 5.90. The Labute approximate surface area is 198 Å². The summed E-state index contributed by atoms with van der Waals surface area (Å²) in [6.07, 6.45) is 2.27. The van der Waals surface area contributed by atoms with Crippen molar-refractivity contribution in [2.24, 2.45) is 0 Å². The van der Waals surface area contributed by atoms with Gasteiger partial charge >= 0.3 is 5.69 Å². The summed E-state index contributed by atoms with van der Waals surface area (Å²) in [5.41, 5.74) is 1.58. The molecule has 0 aliphatic heterocycles. The van der Waals surface area contributed by atoms with Crippen LogP contribution < -0.4 is 19.5 Å². The zero-order valence-electron chi connectivity index (χ0n) is 18.9. The van der Waals surface area contributed by atoms with E-state index in [1.165, 1.54) is 32.2 Å². The lowest BCUT2D eigenvalue weighted by Crippen LogP contribution is -2.18.